The number of aromatic nitrogens is 2. The fraction of sp³-hybridized carbons (Fsp3) is 0.208. The van der Waals surface area contributed by atoms with Crippen LogP contribution in [0.1, 0.15) is 54.4 Å². The first-order valence-electron chi connectivity index (χ1n) is 20.6. The largest absolute Gasteiger partial charge is 0.416 e. The van der Waals surface area contributed by atoms with E-state index in [4.69, 9.17) is 0 Å². The summed E-state index contributed by atoms with van der Waals surface area (Å²) in [7, 11) is -0.697. The number of rotatable bonds is 14. The average Bonchev–Trinajstić information content (AvgIpc) is 3.31. The molecule has 2 N–H and O–H groups in total. The minimum absolute atomic E-state index is 0.00517. The standard InChI is InChI=1S/C48H39F6N7O6S2/c1-29-41(68(66)37-15-11-31(27-55)12-16-37)25-39(45(64)59(29)35-9-5-7-33(23-35)47(49,50)51)43(62)57-19-21-61(3,4)22-20-58-44(63)40-26-42(69(67)38-17-13-32(28-56)14-18-38)30(2)60(46(40)65)36-10-6-8-34(24-36)48(52,53)54/h5-18,23-26H,19-22H2,1-4H3,(H-,57,58,62,63)/p+1. The SMILES string of the molecule is Cc1c(S(=O)c2ccc(C#N)cc2)cc(C(=O)NCC[N+](C)(C)CCNC(=O)c2cc(S(=O)c3ccc(C#N)cc3)c(C)n(-c3cccc(C(F)(F)F)c3)c2=O)c(=O)n1-c1cccc(C(F)(F)F)c1. The van der Waals surface area contributed by atoms with Crippen LogP contribution >= 0.6 is 0 Å². The van der Waals surface area contributed by atoms with Gasteiger partial charge >= 0.3 is 12.4 Å². The van der Waals surface area contributed by atoms with Gasteiger partial charge in [-0.25, -0.2) is 8.42 Å². The van der Waals surface area contributed by atoms with Crippen molar-refractivity contribution in [3.05, 3.63) is 175 Å². The average molecular weight is 989 g/mol. The Balaban J connectivity index is 1.22. The molecule has 0 aliphatic carbocycles. The van der Waals surface area contributed by atoms with Gasteiger partial charge in [0.1, 0.15) is 11.1 Å². The first kappa shape index (κ1) is 50.9. The van der Waals surface area contributed by atoms with E-state index < -0.39 is 79.1 Å². The molecule has 2 atom stereocenters. The molecule has 0 spiro atoms. The fourth-order valence-electron chi connectivity index (χ4n) is 7.13. The Morgan fingerprint density at radius 2 is 0.942 bits per heavy atom. The molecular weight excluding hydrogens is 949 g/mol. The monoisotopic (exact) mass is 988 g/mol. The highest BCUT2D eigenvalue weighted by atomic mass is 32.2. The third-order valence-corrected chi connectivity index (χ3v) is 14.0. The number of nitriles is 2. The van der Waals surface area contributed by atoms with Crippen LogP contribution in [-0.2, 0) is 34.0 Å². The molecule has 0 aliphatic rings. The second-order valence-corrected chi connectivity index (χ2v) is 19.0. The molecule has 2 heterocycles. The number of hydrogen-bond donors (Lipinski definition) is 2. The number of carbonyl (C=O) groups is 2. The van der Waals surface area contributed by atoms with Gasteiger partial charge in [-0.2, -0.15) is 36.9 Å². The molecule has 0 fully saturated rings. The molecule has 0 saturated carbocycles. The highest BCUT2D eigenvalue weighted by Crippen LogP contribution is 2.33. The Morgan fingerprint density at radius 3 is 1.26 bits per heavy atom. The number of hydrogen-bond acceptors (Lipinski definition) is 8. The van der Waals surface area contributed by atoms with Crippen LogP contribution in [-0.4, -0.2) is 74.1 Å². The quantitative estimate of drug-likeness (QED) is 0.0868. The first-order chi connectivity index (χ1) is 32.4. The van der Waals surface area contributed by atoms with Crippen molar-refractivity contribution in [2.24, 2.45) is 0 Å². The number of nitrogens with zero attached hydrogens (tertiary/aromatic N) is 5. The number of nitrogens with one attached hydrogen (secondary N) is 2. The van der Waals surface area contributed by atoms with Crippen LogP contribution in [0.4, 0.5) is 26.3 Å². The Hall–Kier alpha value is -7.46. The number of pyridine rings is 2. The number of quaternary nitrogens is 1. The van der Waals surface area contributed by atoms with Gasteiger partial charge in [0, 0.05) is 32.6 Å². The van der Waals surface area contributed by atoms with E-state index in [2.05, 4.69) is 10.6 Å². The van der Waals surface area contributed by atoms with Crippen molar-refractivity contribution in [3.63, 3.8) is 0 Å². The third-order valence-electron chi connectivity index (χ3n) is 11.0. The topological polar surface area (TPSA) is 184 Å². The van der Waals surface area contributed by atoms with Crippen molar-refractivity contribution in [2.75, 3.05) is 40.3 Å². The Labute approximate surface area is 395 Å². The summed E-state index contributed by atoms with van der Waals surface area (Å²) in [5.74, 6) is -1.87. The van der Waals surface area contributed by atoms with Gasteiger partial charge in [-0.05, 0) is 111 Å². The maximum Gasteiger partial charge on any atom is 0.416 e. The number of halogens is 6. The van der Waals surface area contributed by atoms with Crippen LogP contribution in [0.25, 0.3) is 11.4 Å². The molecule has 13 nitrogen and oxygen atoms in total. The highest BCUT2D eigenvalue weighted by Gasteiger charge is 2.33. The van der Waals surface area contributed by atoms with Crippen molar-refractivity contribution in [3.8, 4) is 23.5 Å². The summed E-state index contributed by atoms with van der Waals surface area (Å²) in [6.45, 7) is 2.91. The van der Waals surface area contributed by atoms with Gasteiger partial charge in [-0.15, -0.1) is 0 Å². The van der Waals surface area contributed by atoms with Crippen LogP contribution in [0.5, 0.6) is 0 Å². The molecule has 2 amide bonds. The molecule has 6 aromatic rings. The van der Waals surface area contributed by atoms with Crippen molar-refractivity contribution >= 4 is 33.4 Å². The maximum absolute atomic E-state index is 14.0. The van der Waals surface area contributed by atoms with E-state index in [1.165, 1.54) is 74.5 Å². The van der Waals surface area contributed by atoms with Crippen molar-refractivity contribution in [1.29, 1.82) is 10.5 Å². The van der Waals surface area contributed by atoms with E-state index in [0.29, 0.717) is 0 Å². The maximum atomic E-state index is 14.0. The number of likely N-dealkylation sites (N-methyl/N-ethyl adjacent to an activating group) is 1. The van der Waals surface area contributed by atoms with Gasteiger partial charge in [0.25, 0.3) is 22.9 Å². The zero-order valence-electron chi connectivity index (χ0n) is 37.0. The smallest absolute Gasteiger partial charge is 0.346 e. The number of carbonyl (C=O) groups excluding carboxylic acids is 2. The lowest BCUT2D eigenvalue weighted by molar-refractivity contribution is -0.887. The molecule has 2 unspecified atom stereocenters. The zero-order chi connectivity index (χ0) is 50.6. The first-order valence-corrected chi connectivity index (χ1v) is 22.9. The summed E-state index contributed by atoms with van der Waals surface area (Å²) in [4.78, 5) is 55.7. The summed E-state index contributed by atoms with van der Waals surface area (Å²) in [5.41, 5.74) is -5.14. The van der Waals surface area contributed by atoms with Gasteiger partial charge < -0.3 is 15.1 Å². The lowest BCUT2D eigenvalue weighted by Crippen LogP contribution is -2.49. The highest BCUT2D eigenvalue weighted by molar-refractivity contribution is 7.85. The molecular formula is C48H40F6N7O6S2+. The molecule has 4 aromatic carbocycles. The molecule has 0 aliphatic heterocycles. The predicted octanol–water partition coefficient (Wildman–Crippen LogP) is 6.96. The molecule has 0 saturated heterocycles. The Kier molecular flexibility index (Phi) is 15.1. The lowest BCUT2D eigenvalue weighted by Gasteiger charge is -2.30. The van der Waals surface area contributed by atoms with Crippen molar-refractivity contribution in [1.82, 2.24) is 19.8 Å². The minimum Gasteiger partial charge on any atom is -0.346 e. The second kappa shape index (κ2) is 20.4. The van der Waals surface area contributed by atoms with Gasteiger partial charge in [0.05, 0.1) is 106 Å². The van der Waals surface area contributed by atoms with E-state index in [0.717, 1.165) is 57.7 Å². The zero-order valence-corrected chi connectivity index (χ0v) is 38.6. The van der Waals surface area contributed by atoms with E-state index in [1.54, 1.807) is 14.1 Å². The summed E-state index contributed by atoms with van der Waals surface area (Å²) in [6.07, 6.45) is -9.55. The molecule has 69 heavy (non-hydrogen) atoms. The molecule has 21 heteroatoms. The van der Waals surface area contributed by atoms with E-state index in [9.17, 15) is 64.5 Å². The van der Waals surface area contributed by atoms with Crippen LogP contribution in [0.15, 0.2) is 138 Å². The van der Waals surface area contributed by atoms with Crippen molar-refractivity contribution in [2.45, 2.75) is 45.8 Å². The Morgan fingerprint density at radius 1 is 0.594 bits per heavy atom. The normalized spacial score (nSPS) is 12.6. The molecule has 6 rings (SSSR count). The molecule has 356 valence electrons. The van der Waals surface area contributed by atoms with Gasteiger partial charge in [-0.3, -0.25) is 28.3 Å². The van der Waals surface area contributed by atoms with Crippen LogP contribution < -0.4 is 21.8 Å². The van der Waals surface area contributed by atoms with E-state index in [-0.39, 0.29) is 84.1 Å². The molecule has 2 aromatic heterocycles. The fourth-order valence-corrected chi connectivity index (χ4v) is 9.58. The number of benzene rings is 4. The van der Waals surface area contributed by atoms with Gasteiger partial charge in [0.2, 0.25) is 0 Å². The number of alkyl halides is 6. The third kappa shape index (κ3) is 11.5. The van der Waals surface area contributed by atoms with Crippen LogP contribution in [0, 0.1) is 36.5 Å². The second-order valence-electron chi connectivity index (χ2n) is 16.1. The molecule has 0 radical (unpaired) electrons. The molecule has 0 bridgehead atoms. The van der Waals surface area contributed by atoms with Gasteiger partial charge in [0.15, 0.2) is 0 Å². The summed E-state index contributed by atoms with van der Waals surface area (Å²) >= 11 is 0. The van der Waals surface area contributed by atoms with Crippen molar-refractivity contribution < 1.29 is 48.8 Å². The van der Waals surface area contributed by atoms with E-state index >= 15 is 0 Å². The minimum atomic E-state index is -4.78. The van der Waals surface area contributed by atoms with Gasteiger partial charge in [-0.1, -0.05) is 12.1 Å². The van der Waals surface area contributed by atoms with Crippen LogP contribution in [0.3, 0.4) is 0 Å². The number of amides is 2. The Bertz CT molecular complexity index is 3030. The summed E-state index contributed by atoms with van der Waals surface area (Å²) in [5, 5.41) is 23.7. The summed E-state index contributed by atoms with van der Waals surface area (Å²) < 4.78 is 112. The summed E-state index contributed by atoms with van der Waals surface area (Å²) in [6, 6.07) is 25.1. The van der Waals surface area contributed by atoms with E-state index in [1.807, 2.05) is 12.1 Å². The lowest BCUT2D eigenvalue weighted by atomic mass is 10.1. The predicted molar refractivity (Wildman–Crippen MR) is 242 cm³/mol. The van der Waals surface area contributed by atoms with Crippen LogP contribution in [0.2, 0.25) is 0 Å².